The van der Waals surface area contributed by atoms with E-state index in [1.807, 2.05) is 72.8 Å². The first kappa shape index (κ1) is 23.8. The minimum Gasteiger partial charge on any atom is -0.482 e. The number of anilines is 1. The summed E-state index contributed by atoms with van der Waals surface area (Å²) in [5, 5.41) is 4.86. The Morgan fingerprint density at radius 1 is 0.941 bits per heavy atom. The number of benzene rings is 4. The molecule has 4 aromatic carbocycles. The van der Waals surface area contributed by atoms with Crippen LogP contribution in [0.1, 0.15) is 18.5 Å². The summed E-state index contributed by atoms with van der Waals surface area (Å²) in [6, 6.07) is 26.3. The van der Waals surface area contributed by atoms with Crippen LogP contribution in [0.4, 0.5) is 5.69 Å². The van der Waals surface area contributed by atoms with Crippen molar-refractivity contribution in [2.24, 2.45) is 0 Å². The van der Waals surface area contributed by atoms with Gasteiger partial charge in [-0.3, -0.25) is 4.79 Å². The quantitative estimate of drug-likeness (QED) is 0.336. The molecule has 0 bridgehead atoms. The average molecular weight is 495 g/mol. The van der Waals surface area contributed by atoms with E-state index in [1.165, 1.54) is 18.2 Å². The van der Waals surface area contributed by atoms with Gasteiger partial charge in [0, 0.05) is 17.1 Å². The van der Waals surface area contributed by atoms with E-state index in [0.29, 0.717) is 5.69 Å². The Hall–Kier alpha value is -3.39. The number of rotatable bonds is 8. The van der Waals surface area contributed by atoms with E-state index < -0.39 is 16.1 Å². The molecule has 4 rings (SSSR count). The van der Waals surface area contributed by atoms with Crippen molar-refractivity contribution in [3.05, 3.63) is 102 Å². The predicted octanol–water partition coefficient (Wildman–Crippen LogP) is 5.55. The van der Waals surface area contributed by atoms with E-state index in [2.05, 4.69) is 10.0 Å². The molecule has 0 unspecified atom stereocenters. The fourth-order valence-electron chi connectivity index (χ4n) is 3.54. The van der Waals surface area contributed by atoms with Gasteiger partial charge in [-0.2, -0.15) is 0 Å². The standard InChI is InChI=1S/C26H23ClN2O4S/c1-18(19-8-3-2-4-9-19)29-34(31,32)21-14-15-25(23(27)16-21)33-17-26(30)28-24-13-7-11-20-10-5-6-12-22(20)24/h2-16,18,29H,17H2,1H3,(H,28,30)/t18-/m0/s1. The second-order valence-corrected chi connectivity index (χ2v) is 9.83. The second kappa shape index (κ2) is 10.3. The van der Waals surface area contributed by atoms with Crippen LogP contribution in [0, 0.1) is 0 Å². The summed E-state index contributed by atoms with van der Waals surface area (Å²) in [4.78, 5) is 12.4. The third kappa shape index (κ3) is 5.56. The molecule has 8 heteroatoms. The lowest BCUT2D eigenvalue weighted by molar-refractivity contribution is -0.118. The summed E-state index contributed by atoms with van der Waals surface area (Å²) >= 11 is 6.26. The van der Waals surface area contributed by atoms with E-state index in [1.54, 1.807) is 6.92 Å². The minimum atomic E-state index is -3.81. The monoisotopic (exact) mass is 494 g/mol. The smallest absolute Gasteiger partial charge is 0.262 e. The normalized spacial score (nSPS) is 12.3. The molecule has 0 aliphatic rings. The first-order chi connectivity index (χ1) is 16.3. The molecule has 0 saturated heterocycles. The summed E-state index contributed by atoms with van der Waals surface area (Å²) in [6.45, 7) is 1.48. The van der Waals surface area contributed by atoms with E-state index in [-0.39, 0.29) is 28.2 Å². The van der Waals surface area contributed by atoms with Crippen molar-refractivity contribution in [1.29, 1.82) is 0 Å². The zero-order valence-electron chi connectivity index (χ0n) is 18.4. The Bertz CT molecular complexity index is 1420. The van der Waals surface area contributed by atoms with Crippen molar-refractivity contribution >= 4 is 44.0 Å². The maximum atomic E-state index is 12.8. The van der Waals surface area contributed by atoms with Crippen LogP contribution < -0.4 is 14.8 Å². The fraction of sp³-hybridized carbons (Fsp3) is 0.115. The Morgan fingerprint density at radius 3 is 2.41 bits per heavy atom. The summed E-state index contributed by atoms with van der Waals surface area (Å²) in [5.74, 6) is -0.146. The third-order valence-corrected chi connectivity index (χ3v) is 7.10. The number of ether oxygens (including phenoxy) is 1. The van der Waals surface area contributed by atoms with Crippen LogP contribution in [0.3, 0.4) is 0 Å². The molecule has 4 aromatic rings. The number of hydrogen-bond acceptors (Lipinski definition) is 4. The van der Waals surface area contributed by atoms with Gasteiger partial charge in [0.25, 0.3) is 5.91 Å². The predicted molar refractivity (Wildman–Crippen MR) is 135 cm³/mol. The lowest BCUT2D eigenvalue weighted by Crippen LogP contribution is -2.27. The van der Waals surface area contributed by atoms with Crippen LogP contribution in [0.25, 0.3) is 10.8 Å². The van der Waals surface area contributed by atoms with Crippen LogP contribution in [0.2, 0.25) is 5.02 Å². The molecule has 0 spiro atoms. The van der Waals surface area contributed by atoms with Crippen molar-refractivity contribution in [3.8, 4) is 5.75 Å². The van der Waals surface area contributed by atoms with E-state index in [4.69, 9.17) is 16.3 Å². The second-order valence-electron chi connectivity index (χ2n) is 7.71. The summed E-state index contributed by atoms with van der Waals surface area (Å²) < 4.78 is 33.7. The molecule has 0 saturated carbocycles. The topological polar surface area (TPSA) is 84.5 Å². The molecule has 1 atom stereocenters. The number of halogens is 1. The number of nitrogens with one attached hydrogen (secondary N) is 2. The van der Waals surface area contributed by atoms with Gasteiger partial charge in [0.05, 0.1) is 9.92 Å². The van der Waals surface area contributed by atoms with Gasteiger partial charge in [0.1, 0.15) is 5.75 Å². The lowest BCUT2D eigenvalue weighted by Gasteiger charge is -2.15. The highest BCUT2D eigenvalue weighted by Crippen LogP contribution is 2.28. The molecule has 0 aliphatic heterocycles. The molecular formula is C26H23ClN2O4S. The van der Waals surface area contributed by atoms with Gasteiger partial charge >= 0.3 is 0 Å². The maximum absolute atomic E-state index is 12.8. The largest absolute Gasteiger partial charge is 0.482 e. The minimum absolute atomic E-state index is 0.00726. The van der Waals surface area contributed by atoms with Crippen molar-refractivity contribution in [2.45, 2.75) is 17.9 Å². The van der Waals surface area contributed by atoms with Crippen LogP contribution in [0.5, 0.6) is 5.75 Å². The molecule has 34 heavy (non-hydrogen) atoms. The number of fused-ring (bicyclic) bond motifs is 1. The van der Waals surface area contributed by atoms with Crippen LogP contribution in [-0.4, -0.2) is 20.9 Å². The zero-order chi connectivity index (χ0) is 24.1. The zero-order valence-corrected chi connectivity index (χ0v) is 19.9. The van der Waals surface area contributed by atoms with Crippen molar-refractivity contribution in [1.82, 2.24) is 4.72 Å². The molecule has 6 nitrogen and oxygen atoms in total. The molecule has 174 valence electrons. The highest BCUT2D eigenvalue weighted by molar-refractivity contribution is 7.89. The Morgan fingerprint density at radius 2 is 1.65 bits per heavy atom. The first-order valence-electron chi connectivity index (χ1n) is 10.6. The number of carbonyl (C=O) groups excluding carboxylic acids is 1. The maximum Gasteiger partial charge on any atom is 0.262 e. The SMILES string of the molecule is C[C@H](NS(=O)(=O)c1ccc(OCC(=O)Nc2cccc3ccccc23)c(Cl)c1)c1ccccc1. The number of sulfonamides is 1. The van der Waals surface area contributed by atoms with Gasteiger partial charge in [0.15, 0.2) is 6.61 Å². The summed E-state index contributed by atoms with van der Waals surface area (Å²) in [6.07, 6.45) is 0. The fourth-order valence-corrected chi connectivity index (χ4v) is 5.10. The summed E-state index contributed by atoms with van der Waals surface area (Å²) in [7, 11) is -3.81. The van der Waals surface area contributed by atoms with Gasteiger partial charge < -0.3 is 10.1 Å². The van der Waals surface area contributed by atoms with Crippen LogP contribution >= 0.6 is 11.6 Å². The summed E-state index contributed by atoms with van der Waals surface area (Å²) in [5.41, 5.74) is 1.52. The lowest BCUT2D eigenvalue weighted by atomic mass is 10.1. The Labute approximate surface area is 203 Å². The molecule has 0 radical (unpaired) electrons. The number of amides is 1. The van der Waals surface area contributed by atoms with Gasteiger partial charge in [-0.25, -0.2) is 13.1 Å². The molecule has 1 amide bonds. The molecule has 2 N–H and O–H groups in total. The highest BCUT2D eigenvalue weighted by atomic mass is 35.5. The number of carbonyl (C=O) groups is 1. The van der Waals surface area contributed by atoms with Gasteiger partial charge in [0.2, 0.25) is 10.0 Å². The molecule has 0 aliphatic carbocycles. The van der Waals surface area contributed by atoms with E-state index >= 15 is 0 Å². The number of hydrogen-bond donors (Lipinski definition) is 2. The van der Waals surface area contributed by atoms with Gasteiger partial charge in [-0.1, -0.05) is 78.3 Å². The molecule has 0 aromatic heterocycles. The van der Waals surface area contributed by atoms with E-state index in [0.717, 1.165) is 16.3 Å². The molecular weight excluding hydrogens is 472 g/mol. The Balaban J connectivity index is 1.40. The third-order valence-electron chi connectivity index (χ3n) is 5.27. The Kier molecular flexibility index (Phi) is 7.17. The van der Waals surface area contributed by atoms with Gasteiger partial charge in [-0.05, 0) is 42.1 Å². The van der Waals surface area contributed by atoms with Crippen LogP contribution in [0.15, 0.2) is 95.9 Å². The van der Waals surface area contributed by atoms with Gasteiger partial charge in [-0.15, -0.1) is 0 Å². The highest BCUT2D eigenvalue weighted by Gasteiger charge is 2.20. The average Bonchev–Trinajstić information content (AvgIpc) is 2.84. The van der Waals surface area contributed by atoms with Crippen LogP contribution in [-0.2, 0) is 14.8 Å². The first-order valence-corrected chi connectivity index (χ1v) is 12.5. The van der Waals surface area contributed by atoms with Crippen molar-refractivity contribution in [3.63, 3.8) is 0 Å². The van der Waals surface area contributed by atoms with E-state index in [9.17, 15) is 13.2 Å². The van der Waals surface area contributed by atoms with Crippen molar-refractivity contribution in [2.75, 3.05) is 11.9 Å². The molecule has 0 fully saturated rings. The molecule has 0 heterocycles. The van der Waals surface area contributed by atoms with Crippen molar-refractivity contribution < 1.29 is 17.9 Å².